The maximum atomic E-state index is 12.9. The third-order valence-electron chi connectivity index (χ3n) is 6.24. The number of aromatic nitrogens is 1. The van der Waals surface area contributed by atoms with Crippen molar-refractivity contribution in [3.05, 3.63) is 59.3 Å². The SMILES string of the molecule is Cc1c(NC(=O)c2ccc(OC[C@@H]3CCCO3)cc2)ccc2cc(CNCC(C)(C)O)n(C)c12. The van der Waals surface area contributed by atoms with Crippen molar-refractivity contribution in [2.75, 3.05) is 25.1 Å². The van der Waals surface area contributed by atoms with E-state index < -0.39 is 5.60 Å². The van der Waals surface area contributed by atoms with Gasteiger partial charge >= 0.3 is 0 Å². The summed E-state index contributed by atoms with van der Waals surface area (Å²) in [6.45, 7) is 8.09. The molecule has 3 aromatic rings. The molecule has 7 nitrogen and oxygen atoms in total. The van der Waals surface area contributed by atoms with Crippen LogP contribution in [0.2, 0.25) is 0 Å². The van der Waals surface area contributed by atoms with Crippen LogP contribution in [0.3, 0.4) is 0 Å². The smallest absolute Gasteiger partial charge is 0.255 e. The van der Waals surface area contributed by atoms with Gasteiger partial charge in [-0.05, 0) is 75.6 Å². The number of amides is 1. The molecule has 1 fully saturated rings. The fourth-order valence-electron chi connectivity index (χ4n) is 4.37. The Morgan fingerprint density at radius 2 is 2.00 bits per heavy atom. The van der Waals surface area contributed by atoms with Crippen molar-refractivity contribution in [3.63, 3.8) is 0 Å². The molecule has 0 saturated carbocycles. The van der Waals surface area contributed by atoms with Gasteiger partial charge in [-0.25, -0.2) is 0 Å². The van der Waals surface area contributed by atoms with Crippen LogP contribution < -0.4 is 15.4 Å². The number of ether oxygens (including phenoxy) is 2. The van der Waals surface area contributed by atoms with E-state index in [4.69, 9.17) is 9.47 Å². The summed E-state index contributed by atoms with van der Waals surface area (Å²) in [5.74, 6) is 0.577. The van der Waals surface area contributed by atoms with E-state index >= 15 is 0 Å². The number of carbonyl (C=O) groups is 1. The summed E-state index contributed by atoms with van der Waals surface area (Å²) < 4.78 is 13.5. The fourth-order valence-corrected chi connectivity index (χ4v) is 4.37. The van der Waals surface area contributed by atoms with Gasteiger partial charge in [-0.15, -0.1) is 0 Å². The van der Waals surface area contributed by atoms with E-state index in [-0.39, 0.29) is 12.0 Å². The first-order valence-corrected chi connectivity index (χ1v) is 11.9. The van der Waals surface area contributed by atoms with Crippen LogP contribution in [0.4, 0.5) is 5.69 Å². The molecule has 0 spiro atoms. The van der Waals surface area contributed by atoms with Crippen molar-refractivity contribution < 1.29 is 19.4 Å². The Bertz CT molecular complexity index is 1140. The van der Waals surface area contributed by atoms with Gasteiger partial charge < -0.3 is 29.8 Å². The van der Waals surface area contributed by atoms with Crippen LogP contribution in [0.25, 0.3) is 10.9 Å². The standard InChI is InChI=1S/C27H35N3O4/c1-18-24(12-9-20-14-21(30(4)25(18)20)15-28-17-27(2,3)32)29-26(31)19-7-10-22(11-8-19)34-16-23-6-5-13-33-23/h7-12,14,23,28,32H,5-6,13,15-17H2,1-4H3,(H,29,31)/t23-/m0/s1. The minimum atomic E-state index is -0.757. The molecule has 1 aromatic heterocycles. The molecule has 0 unspecified atom stereocenters. The molecule has 182 valence electrons. The monoisotopic (exact) mass is 465 g/mol. The first-order valence-electron chi connectivity index (χ1n) is 11.9. The van der Waals surface area contributed by atoms with Crippen molar-refractivity contribution in [1.29, 1.82) is 0 Å². The molecule has 7 heteroatoms. The van der Waals surface area contributed by atoms with Crippen molar-refractivity contribution in [2.45, 2.75) is 51.9 Å². The van der Waals surface area contributed by atoms with E-state index in [1.165, 1.54) is 0 Å². The lowest BCUT2D eigenvalue weighted by atomic mass is 10.1. The van der Waals surface area contributed by atoms with Gasteiger partial charge in [0, 0.05) is 49.1 Å². The maximum Gasteiger partial charge on any atom is 0.255 e. The number of aryl methyl sites for hydroxylation is 2. The van der Waals surface area contributed by atoms with Crippen molar-refractivity contribution in [2.24, 2.45) is 7.05 Å². The molecular weight excluding hydrogens is 430 g/mol. The molecule has 0 radical (unpaired) electrons. The third kappa shape index (κ3) is 5.78. The van der Waals surface area contributed by atoms with E-state index in [0.29, 0.717) is 25.3 Å². The van der Waals surface area contributed by atoms with Gasteiger partial charge in [-0.1, -0.05) is 6.07 Å². The zero-order valence-electron chi connectivity index (χ0n) is 20.5. The van der Waals surface area contributed by atoms with Gasteiger partial charge in [0.1, 0.15) is 12.4 Å². The first kappa shape index (κ1) is 24.3. The van der Waals surface area contributed by atoms with Crippen LogP contribution in [0.1, 0.15) is 48.3 Å². The predicted molar refractivity (Wildman–Crippen MR) is 135 cm³/mol. The number of benzene rings is 2. The number of rotatable bonds is 9. The van der Waals surface area contributed by atoms with Gasteiger partial charge in [-0.2, -0.15) is 0 Å². The molecule has 1 saturated heterocycles. The second kappa shape index (κ2) is 10.2. The van der Waals surface area contributed by atoms with Crippen LogP contribution in [0.5, 0.6) is 5.75 Å². The van der Waals surface area contributed by atoms with E-state index in [1.54, 1.807) is 26.0 Å². The zero-order chi connectivity index (χ0) is 24.3. The summed E-state index contributed by atoms with van der Waals surface area (Å²) in [5, 5.41) is 17.4. The third-order valence-corrected chi connectivity index (χ3v) is 6.24. The van der Waals surface area contributed by atoms with Gasteiger partial charge in [0.05, 0.1) is 17.2 Å². The number of fused-ring (bicyclic) bond motifs is 1. The molecule has 0 bridgehead atoms. The van der Waals surface area contributed by atoms with Crippen LogP contribution in [0, 0.1) is 6.92 Å². The second-order valence-electron chi connectivity index (χ2n) is 9.71. The molecule has 2 aromatic carbocycles. The van der Waals surface area contributed by atoms with Gasteiger partial charge in [-0.3, -0.25) is 4.79 Å². The number of anilines is 1. The normalized spacial score (nSPS) is 16.2. The lowest BCUT2D eigenvalue weighted by Gasteiger charge is -2.18. The quantitative estimate of drug-likeness (QED) is 0.442. The lowest BCUT2D eigenvalue weighted by molar-refractivity contribution is 0.0679. The van der Waals surface area contributed by atoms with E-state index in [2.05, 4.69) is 21.3 Å². The molecule has 2 heterocycles. The van der Waals surface area contributed by atoms with Crippen molar-refractivity contribution >= 4 is 22.5 Å². The zero-order valence-corrected chi connectivity index (χ0v) is 20.5. The van der Waals surface area contributed by atoms with Crippen LogP contribution in [-0.2, 0) is 18.3 Å². The highest BCUT2D eigenvalue weighted by molar-refractivity contribution is 6.06. The summed E-state index contributed by atoms with van der Waals surface area (Å²) in [4.78, 5) is 12.9. The summed E-state index contributed by atoms with van der Waals surface area (Å²) in [7, 11) is 2.03. The number of aliphatic hydroxyl groups is 1. The molecule has 0 aliphatic carbocycles. The van der Waals surface area contributed by atoms with Crippen LogP contribution >= 0.6 is 0 Å². The van der Waals surface area contributed by atoms with Crippen LogP contribution in [-0.4, -0.2) is 47.0 Å². The Balaban J connectivity index is 1.42. The Hall–Kier alpha value is -2.87. The number of nitrogens with one attached hydrogen (secondary N) is 2. The minimum Gasteiger partial charge on any atom is -0.491 e. The minimum absolute atomic E-state index is 0.158. The molecule has 1 atom stereocenters. The topological polar surface area (TPSA) is 84.8 Å². The maximum absolute atomic E-state index is 12.9. The highest BCUT2D eigenvalue weighted by Gasteiger charge is 2.17. The summed E-state index contributed by atoms with van der Waals surface area (Å²) in [6, 6.07) is 13.3. The van der Waals surface area contributed by atoms with E-state index in [0.717, 1.165) is 53.0 Å². The molecule has 1 aliphatic rings. The molecule has 1 amide bonds. The average Bonchev–Trinajstić information content (AvgIpc) is 3.42. The Labute approximate surface area is 201 Å². The second-order valence-corrected chi connectivity index (χ2v) is 9.71. The van der Waals surface area contributed by atoms with E-state index in [1.807, 2.05) is 38.2 Å². The largest absolute Gasteiger partial charge is 0.491 e. The number of carbonyl (C=O) groups excluding carboxylic acids is 1. The lowest BCUT2D eigenvalue weighted by Crippen LogP contribution is -2.34. The summed E-state index contributed by atoms with van der Waals surface area (Å²) in [6.07, 6.45) is 2.28. The first-order chi connectivity index (χ1) is 16.2. The van der Waals surface area contributed by atoms with Crippen molar-refractivity contribution in [3.8, 4) is 5.75 Å². The van der Waals surface area contributed by atoms with E-state index in [9.17, 15) is 9.90 Å². The van der Waals surface area contributed by atoms with Crippen molar-refractivity contribution in [1.82, 2.24) is 9.88 Å². The van der Waals surface area contributed by atoms with Gasteiger partial charge in [0.25, 0.3) is 5.91 Å². The highest BCUT2D eigenvalue weighted by Crippen LogP contribution is 2.28. The average molecular weight is 466 g/mol. The molecule has 3 N–H and O–H groups in total. The Morgan fingerprint density at radius 1 is 1.24 bits per heavy atom. The molecule has 34 heavy (non-hydrogen) atoms. The Morgan fingerprint density at radius 3 is 2.68 bits per heavy atom. The Kier molecular flexibility index (Phi) is 7.26. The number of nitrogens with zero attached hydrogens (tertiary/aromatic N) is 1. The predicted octanol–water partition coefficient (Wildman–Crippen LogP) is 4.16. The highest BCUT2D eigenvalue weighted by atomic mass is 16.5. The summed E-state index contributed by atoms with van der Waals surface area (Å²) >= 11 is 0. The van der Waals surface area contributed by atoms with Gasteiger partial charge in [0.15, 0.2) is 0 Å². The fraction of sp³-hybridized carbons (Fsp3) is 0.444. The van der Waals surface area contributed by atoms with Gasteiger partial charge in [0.2, 0.25) is 0 Å². The molecule has 1 aliphatic heterocycles. The number of hydrogen-bond acceptors (Lipinski definition) is 5. The molecule has 4 rings (SSSR count). The van der Waals surface area contributed by atoms with Crippen LogP contribution in [0.15, 0.2) is 42.5 Å². The number of hydrogen-bond donors (Lipinski definition) is 3. The summed E-state index contributed by atoms with van der Waals surface area (Å²) in [5.41, 5.74) is 3.81. The molecular formula is C27H35N3O4.